The molecule has 3 aromatic rings. The largest absolute Gasteiger partial charge is 0.464 e. The van der Waals surface area contributed by atoms with Gasteiger partial charge in [0.15, 0.2) is 0 Å². The van der Waals surface area contributed by atoms with Crippen LogP contribution in [-0.4, -0.2) is 16.2 Å². The van der Waals surface area contributed by atoms with Crippen LogP contribution in [0.25, 0.3) is 22.4 Å². The van der Waals surface area contributed by atoms with Crippen LogP contribution in [0.1, 0.15) is 25.7 Å². The summed E-state index contributed by atoms with van der Waals surface area (Å²) in [7, 11) is 0. The Morgan fingerprint density at radius 1 is 1.21 bits per heavy atom. The van der Waals surface area contributed by atoms with E-state index in [4.69, 9.17) is 14.7 Å². The Kier molecular flexibility index (Phi) is 2.83. The van der Waals surface area contributed by atoms with E-state index < -0.39 is 0 Å². The average molecular weight is 257 g/mol. The van der Waals surface area contributed by atoms with Gasteiger partial charge in [-0.2, -0.15) is 4.98 Å². The first kappa shape index (κ1) is 11.9. The van der Waals surface area contributed by atoms with Crippen molar-refractivity contribution in [3.05, 3.63) is 36.4 Å². The van der Waals surface area contributed by atoms with Gasteiger partial charge in [0.25, 0.3) is 0 Å². The predicted octanol–water partition coefficient (Wildman–Crippen LogP) is 2.93. The molecule has 2 unspecified atom stereocenters. The van der Waals surface area contributed by atoms with Crippen molar-refractivity contribution >= 4 is 11.0 Å². The zero-order valence-electron chi connectivity index (χ0n) is 10.8. The van der Waals surface area contributed by atoms with Crippen molar-refractivity contribution in [2.45, 2.75) is 25.8 Å². The molecule has 0 saturated heterocycles. The van der Waals surface area contributed by atoms with Gasteiger partial charge in [-0.1, -0.05) is 30.3 Å². The molecule has 5 nitrogen and oxygen atoms in total. The molecule has 2 atom stereocenters. The monoisotopic (exact) mass is 257 g/mol. The summed E-state index contributed by atoms with van der Waals surface area (Å²) in [5, 5.41) is 4.99. The predicted molar refractivity (Wildman–Crippen MR) is 71.6 cm³/mol. The van der Waals surface area contributed by atoms with E-state index in [9.17, 15) is 0 Å². The fraction of sp³-hybridized carbons (Fsp3) is 0.286. The molecule has 0 aliphatic carbocycles. The van der Waals surface area contributed by atoms with Crippen LogP contribution < -0.4 is 5.73 Å². The van der Waals surface area contributed by atoms with E-state index in [-0.39, 0.29) is 12.0 Å². The Morgan fingerprint density at radius 2 is 2.00 bits per heavy atom. The van der Waals surface area contributed by atoms with Crippen molar-refractivity contribution in [3.63, 3.8) is 0 Å². The summed E-state index contributed by atoms with van der Waals surface area (Å²) >= 11 is 0. The number of rotatable bonds is 3. The molecule has 5 heteroatoms. The smallest absolute Gasteiger partial charge is 0.231 e. The molecule has 2 aromatic heterocycles. The third-order valence-corrected chi connectivity index (χ3v) is 3.34. The first-order valence-electron chi connectivity index (χ1n) is 6.22. The van der Waals surface area contributed by atoms with Crippen molar-refractivity contribution in [1.82, 2.24) is 10.1 Å². The number of hydrogen-bond acceptors (Lipinski definition) is 5. The highest BCUT2D eigenvalue weighted by Gasteiger charge is 2.20. The van der Waals surface area contributed by atoms with Crippen LogP contribution >= 0.6 is 0 Å². The summed E-state index contributed by atoms with van der Waals surface area (Å²) in [6.45, 7) is 3.89. The van der Waals surface area contributed by atoms with Gasteiger partial charge in [0.05, 0.1) is 11.5 Å². The summed E-state index contributed by atoms with van der Waals surface area (Å²) in [5.41, 5.74) is 7.49. The maximum absolute atomic E-state index is 5.84. The number of hydrogen-bond donors (Lipinski definition) is 1. The van der Waals surface area contributed by atoms with Gasteiger partial charge < -0.3 is 14.7 Å². The van der Waals surface area contributed by atoms with Gasteiger partial charge in [0, 0.05) is 11.4 Å². The summed E-state index contributed by atoms with van der Waals surface area (Å²) in [4.78, 5) is 4.41. The summed E-state index contributed by atoms with van der Waals surface area (Å²) < 4.78 is 10.8. The van der Waals surface area contributed by atoms with Crippen LogP contribution in [-0.2, 0) is 0 Å². The lowest BCUT2D eigenvalue weighted by Crippen LogP contribution is -2.22. The molecule has 0 fully saturated rings. The molecule has 0 aliphatic heterocycles. The Labute approximate surface area is 110 Å². The summed E-state index contributed by atoms with van der Waals surface area (Å²) in [6, 6.07) is 7.72. The summed E-state index contributed by atoms with van der Waals surface area (Å²) in [5.74, 6) is 1.11. The molecule has 0 bridgehead atoms. The highest BCUT2D eigenvalue weighted by Crippen LogP contribution is 2.29. The van der Waals surface area contributed by atoms with E-state index in [0.29, 0.717) is 11.7 Å². The lowest BCUT2D eigenvalue weighted by Gasteiger charge is -2.09. The fourth-order valence-corrected chi connectivity index (χ4v) is 1.91. The standard InChI is InChI=1S/C14H15N3O2/c1-8(9(2)15)14-16-13(17-19-14)11-7-18-12-6-4-3-5-10(11)12/h3-9H,15H2,1-2H3. The Bertz CT molecular complexity index is 699. The molecule has 0 saturated carbocycles. The third kappa shape index (κ3) is 2.02. The van der Waals surface area contributed by atoms with E-state index in [1.807, 2.05) is 38.1 Å². The highest BCUT2D eigenvalue weighted by molar-refractivity contribution is 5.91. The second-order valence-corrected chi connectivity index (χ2v) is 4.75. The van der Waals surface area contributed by atoms with Gasteiger partial charge >= 0.3 is 0 Å². The van der Waals surface area contributed by atoms with Gasteiger partial charge in [0.2, 0.25) is 11.7 Å². The average Bonchev–Trinajstić information content (AvgIpc) is 3.03. The zero-order valence-corrected chi connectivity index (χ0v) is 10.8. The van der Waals surface area contributed by atoms with Crippen LogP contribution in [0, 0.1) is 0 Å². The van der Waals surface area contributed by atoms with Gasteiger partial charge in [0.1, 0.15) is 11.8 Å². The number of fused-ring (bicyclic) bond motifs is 1. The fourth-order valence-electron chi connectivity index (χ4n) is 1.91. The molecule has 0 aliphatic rings. The van der Waals surface area contributed by atoms with Crippen molar-refractivity contribution < 1.29 is 8.94 Å². The van der Waals surface area contributed by atoms with Crippen molar-refractivity contribution in [2.75, 3.05) is 0 Å². The molecule has 2 heterocycles. The Balaban J connectivity index is 2.03. The first-order chi connectivity index (χ1) is 9.16. The van der Waals surface area contributed by atoms with E-state index in [0.717, 1.165) is 16.5 Å². The lowest BCUT2D eigenvalue weighted by atomic mass is 10.1. The normalized spacial score (nSPS) is 14.7. The molecule has 3 rings (SSSR count). The molecule has 19 heavy (non-hydrogen) atoms. The van der Waals surface area contributed by atoms with Crippen LogP contribution in [0.15, 0.2) is 39.5 Å². The topological polar surface area (TPSA) is 78.1 Å². The van der Waals surface area contributed by atoms with E-state index >= 15 is 0 Å². The van der Waals surface area contributed by atoms with Crippen molar-refractivity contribution in [2.24, 2.45) is 5.73 Å². The number of nitrogens with zero attached hydrogens (tertiary/aromatic N) is 2. The molecule has 0 spiro atoms. The second-order valence-electron chi connectivity index (χ2n) is 4.75. The number of aromatic nitrogens is 2. The molecule has 0 radical (unpaired) electrons. The minimum atomic E-state index is -0.0330. The van der Waals surface area contributed by atoms with Crippen molar-refractivity contribution in [3.8, 4) is 11.4 Å². The van der Waals surface area contributed by atoms with Gasteiger partial charge in [-0.25, -0.2) is 0 Å². The summed E-state index contributed by atoms with van der Waals surface area (Å²) in [6.07, 6.45) is 1.65. The van der Waals surface area contributed by atoms with E-state index in [1.165, 1.54) is 0 Å². The minimum Gasteiger partial charge on any atom is -0.464 e. The van der Waals surface area contributed by atoms with E-state index in [2.05, 4.69) is 10.1 Å². The number of furan rings is 1. The lowest BCUT2D eigenvalue weighted by molar-refractivity contribution is 0.346. The number of para-hydroxylation sites is 1. The molecule has 2 N–H and O–H groups in total. The first-order valence-corrected chi connectivity index (χ1v) is 6.22. The molecular weight excluding hydrogens is 242 g/mol. The highest BCUT2D eigenvalue weighted by atomic mass is 16.5. The van der Waals surface area contributed by atoms with Gasteiger partial charge in [-0.3, -0.25) is 0 Å². The Morgan fingerprint density at radius 3 is 2.79 bits per heavy atom. The quantitative estimate of drug-likeness (QED) is 0.780. The van der Waals surface area contributed by atoms with Crippen LogP contribution in [0.4, 0.5) is 0 Å². The van der Waals surface area contributed by atoms with Crippen LogP contribution in [0.3, 0.4) is 0 Å². The second kappa shape index (κ2) is 4.51. The minimum absolute atomic E-state index is 0.0272. The molecule has 1 aromatic carbocycles. The van der Waals surface area contributed by atoms with Gasteiger partial charge in [-0.05, 0) is 13.0 Å². The number of benzene rings is 1. The zero-order chi connectivity index (χ0) is 13.4. The van der Waals surface area contributed by atoms with Gasteiger partial charge in [-0.15, -0.1) is 0 Å². The maximum atomic E-state index is 5.84. The molecule has 98 valence electrons. The van der Waals surface area contributed by atoms with Crippen LogP contribution in [0.5, 0.6) is 0 Å². The maximum Gasteiger partial charge on any atom is 0.231 e. The Hall–Kier alpha value is -2.14. The molecular formula is C14H15N3O2. The van der Waals surface area contributed by atoms with Crippen molar-refractivity contribution in [1.29, 1.82) is 0 Å². The third-order valence-electron chi connectivity index (χ3n) is 3.34. The molecule has 0 amide bonds. The number of nitrogens with two attached hydrogens (primary N) is 1. The van der Waals surface area contributed by atoms with E-state index in [1.54, 1.807) is 6.26 Å². The SMILES string of the molecule is CC(N)C(C)c1nc(-c2coc3ccccc23)no1. The van der Waals surface area contributed by atoms with Crippen LogP contribution in [0.2, 0.25) is 0 Å².